The Morgan fingerprint density at radius 1 is 1.05 bits per heavy atom. The number of thioether (sulfide) groups is 1. The molecule has 0 saturated heterocycles. The Morgan fingerprint density at radius 2 is 1.79 bits per heavy atom. The van der Waals surface area contributed by atoms with E-state index in [2.05, 4.69) is 5.32 Å². The molecule has 0 aliphatic heterocycles. The van der Waals surface area contributed by atoms with Gasteiger partial charge in [-0.15, -0.1) is 22.7 Å². The van der Waals surface area contributed by atoms with Crippen LogP contribution in [0.3, 0.4) is 0 Å². The van der Waals surface area contributed by atoms with Crippen LogP contribution in [0.15, 0.2) is 76.0 Å². The third kappa shape index (κ3) is 5.66. The number of nitrogens with one attached hydrogen (secondary N) is 1. The standard InChI is InChI=1S/C32H29N3O4S3/c1-2-39-31(38)27-23(20-11-5-3-6-12-20)19-41-28(27)33-25(36)17-18-40-32-34-29-26(22-15-9-10-16-24(22)42-29)30(37)35(32)21-13-7-4-8-14-21/h3-8,11-14,19H,2,9-10,15-18H2,1H3,(H,33,36). The van der Waals surface area contributed by atoms with Crippen molar-refractivity contribution in [3.05, 3.63) is 92.4 Å². The molecule has 7 nitrogen and oxygen atoms in total. The zero-order valence-corrected chi connectivity index (χ0v) is 25.5. The SMILES string of the molecule is CCOC(=O)c1c(-c2ccccc2)csc1NC(=O)CCSc1nc2sc3c(c2c(=O)n1-c1ccccc1)CCCC3. The van der Waals surface area contributed by atoms with Gasteiger partial charge in [0.25, 0.3) is 5.56 Å². The minimum absolute atomic E-state index is 0.0522. The molecular formula is C32H29N3O4S3. The maximum Gasteiger partial charge on any atom is 0.341 e. The summed E-state index contributed by atoms with van der Waals surface area (Å²) in [6.45, 7) is 1.99. The molecule has 5 aromatic rings. The van der Waals surface area contributed by atoms with Gasteiger partial charge in [-0.2, -0.15) is 0 Å². The van der Waals surface area contributed by atoms with Gasteiger partial charge in [-0.05, 0) is 55.9 Å². The molecule has 1 aliphatic rings. The predicted octanol–water partition coefficient (Wildman–Crippen LogP) is 7.35. The summed E-state index contributed by atoms with van der Waals surface area (Å²) in [5.74, 6) is -0.283. The summed E-state index contributed by atoms with van der Waals surface area (Å²) in [4.78, 5) is 46.8. The quantitative estimate of drug-likeness (QED) is 0.106. The van der Waals surface area contributed by atoms with Crippen molar-refractivity contribution in [2.75, 3.05) is 17.7 Å². The van der Waals surface area contributed by atoms with Gasteiger partial charge in [0.1, 0.15) is 15.4 Å². The second-order valence-electron chi connectivity index (χ2n) is 9.85. The van der Waals surface area contributed by atoms with Gasteiger partial charge < -0.3 is 10.1 Å². The number of carbonyl (C=O) groups excluding carboxylic acids is 2. The van der Waals surface area contributed by atoms with Crippen molar-refractivity contribution in [1.82, 2.24) is 9.55 Å². The molecule has 0 saturated carbocycles. The first-order chi connectivity index (χ1) is 20.5. The zero-order chi connectivity index (χ0) is 29.1. The minimum Gasteiger partial charge on any atom is -0.462 e. The first-order valence-electron chi connectivity index (χ1n) is 13.9. The zero-order valence-electron chi connectivity index (χ0n) is 23.1. The van der Waals surface area contributed by atoms with E-state index in [1.165, 1.54) is 28.0 Å². The van der Waals surface area contributed by atoms with Crippen molar-refractivity contribution < 1.29 is 14.3 Å². The first-order valence-corrected chi connectivity index (χ1v) is 16.6. The lowest BCUT2D eigenvalue weighted by molar-refractivity contribution is -0.115. The number of aryl methyl sites for hydroxylation is 2. The van der Waals surface area contributed by atoms with Crippen LogP contribution in [0, 0.1) is 0 Å². The summed E-state index contributed by atoms with van der Waals surface area (Å²) in [6, 6.07) is 19.1. The van der Waals surface area contributed by atoms with E-state index in [0.29, 0.717) is 21.5 Å². The number of para-hydroxylation sites is 1. The van der Waals surface area contributed by atoms with Crippen LogP contribution in [0.4, 0.5) is 5.00 Å². The summed E-state index contributed by atoms with van der Waals surface area (Å²) in [5, 5.41) is 6.56. The van der Waals surface area contributed by atoms with Crippen molar-refractivity contribution in [3.63, 3.8) is 0 Å². The summed E-state index contributed by atoms with van der Waals surface area (Å²) in [5.41, 5.74) is 3.83. The van der Waals surface area contributed by atoms with E-state index in [9.17, 15) is 14.4 Å². The second kappa shape index (κ2) is 12.6. The highest BCUT2D eigenvalue weighted by Gasteiger charge is 2.24. The number of nitrogens with zero attached hydrogens (tertiary/aromatic N) is 2. The molecule has 0 radical (unpaired) electrons. The maximum absolute atomic E-state index is 13.9. The Morgan fingerprint density at radius 3 is 2.55 bits per heavy atom. The van der Waals surface area contributed by atoms with Crippen molar-refractivity contribution in [2.24, 2.45) is 0 Å². The summed E-state index contributed by atoms with van der Waals surface area (Å²) in [7, 11) is 0. The van der Waals surface area contributed by atoms with Crippen LogP contribution in [-0.4, -0.2) is 33.8 Å². The Kier molecular flexibility index (Phi) is 8.55. The fourth-order valence-corrected chi connectivity index (χ4v) is 8.42. The molecule has 0 spiro atoms. The topological polar surface area (TPSA) is 90.3 Å². The number of amides is 1. The summed E-state index contributed by atoms with van der Waals surface area (Å²) < 4.78 is 6.99. The lowest BCUT2D eigenvalue weighted by Gasteiger charge is -2.13. The average molecular weight is 616 g/mol. The number of hydrogen-bond donors (Lipinski definition) is 1. The van der Waals surface area contributed by atoms with E-state index in [-0.39, 0.29) is 24.5 Å². The van der Waals surface area contributed by atoms with E-state index in [0.717, 1.165) is 58.3 Å². The molecule has 214 valence electrons. The Labute approximate surface area is 255 Å². The van der Waals surface area contributed by atoms with Gasteiger partial charge in [-0.25, -0.2) is 9.78 Å². The highest BCUT2D eigenvalue weighted by Crippen LogP contribution is 2.37. The largest absolute Gasteiger partial charge is 0.462 e. The molecule has 3 aromatic heterocycles. The fraction of sp³-hybridized carbons (Fsp3) is 0.250. The number of benzene rings is 2. The molecule has 0 unspecified atom stereocenters. The molecule has 1 amide bonds. The van der Waals surface area contributed by atoms with E-state index in [4.69, 9.17) is 9.72 Å². The number of thiophene rings is 2. The first kappa shape index (κ1) is 28.4. The van der Waals surface area contributed by atoms with E-state index >= 15 is 0 Å². The van der Waals surface area contributed by atoms with Crippen molar-refractivity contribution in [2.45, 2.75) is 44.2 Å². The van der Waals surface area contributed by atoms with Crippen LogP contribution in [0.1, 0.15) is 47.0 Å². The van der Waals surface area contributed by atoms with Gasteiger partial charge in [0, 0.05) is 28.0 Å². The van der Waals surface area contributed by atoms with Gasteiger partial charge >= 0.3 is 5.97 Å². The van der Waals surface area contributed by atoms with Crippen LogP contribution in [0.2, 0.25) is 0 Å². The molecule has 0 fully saturated rings. The van der Waals surface area contributed by atoms with Gasteiger partial charge in [-0.3, -0.25) is 14.2 Å². The monoisotopic (exact) mass is 615 g/mol. The predicted molar refractivity (Wildman–Crippen MR) is 172 cm³/mol. The number of ether oxygens (including phenoxy) is 1. The molecule has 0 atom stereocenters. The number of anilines is 1. The van der Waals surface area contributed by atoms with E-state index in [1.54, 1.807) is 22.8 Å². The molecule has 1 aliphatic carbocycles. The van der Waals surface area contributed by atoms with Gasteiger partial charge in [0.15, 0.2) is 5.16 Å². The molecule has 1 N–H and O–H groups in total. The van der Waals surface area contributed by atoms with E-state index < -0.39 is 5.97 Å². The van der Waals surface area contributed by atoms with Gasteiger partial charge in [-0.1, -0.05) is 60.3 Å². The van der Waals surface area contributed by atoms with Crippen molar-refractivity contribution >= 4 is 61.5 Å². The number of carbonyl (C=O) groups is 2. The molecule has 10 heteroatoms. The second-order valence-corrected chi connectivity index (χ2v) is 12.9. The Balaban J connectivity index is 1.24. The van der Waals surface area contributed by atoms with E-state index in [1.807, 2.05) is 66.0 Å². The molecule has 3 heterocycles. The maximum atomic E-state index is 13.9. The van der Waals surface area contributed by atoms with Gasteiger partial charge in [0.2, 0.25) is 5.91 Å². The van der Waals surface area contributed by atoms with Crippen molar-refractivity contribution in [1.29, 1.82) is 0 Å². The third-order valence-corrected chi connectivity index (χ3v) is 10.2. The number of aromatic nitrogens is 2. The van der Waals surface area contributed by atoms with Crippen LogP contribution < -0.4 is 10.9 Å². The lowest BCUT2D eigenvalue weighted by atomic mass is 9.97. The molecule has 0 bridgehead atoms. The highest BCUT2D eigenvalue weighted by molar-refractivity contribution is 7.99. The third-order valence-electron chi connectivity index (χ3n) is 7.14. The highest BCUT2D eigenvalue weighted by atomic mass is 32.2. The minimum atomic E-state index is -0.467. The number of hydrogen-bond acceptors (Lipinski definition) is 8. The van der Waals surface area contributed by atoms with Crippen LogP contribution in [0.5, 0.6) is 0 Å². The van der Waals surface area contributed by atoms with Crippen LogP contribution >= 0.6 is 34.4 Å². The average Bonchev–Trinajstić information content (AvgIpc) is 3.60. The molecule has 2 aromatic carbocycles. The number of fused-ring (bicyclic) bond motifs is 3. The molecular weight excluding hydrogens is 587 g/mol. The molecule has 42 heavy (non-hydrogen) atoms. The van der Waals surface area contributed by atoms with Gasteiger partial charge in [0.05, 0.1) is 17.7 Å². The fourth-order valence-electron chi connectivity index (χ4n) is 5.20. The molecule has 6 rings (SSSR count). The summed E-state index contributed by atoms with van der Waals surface area (Å²) >= 11 is 4.31. The number of esters is 1. The van der Waals surface area contributed by atoms with Crippen LogP contribution in [0.25, 0.3) is 27.0 Å². The van der Waals surface area contributed by atoms with Crippen LogP contribution in [-0.2, 0) is 22.4 Å². The number of rotatable bonds is 9. The Hall–Kier alpha value is -3.73. The Bertz CT molecular complexity index is 1810. The summed E-state index contributed by atoms with van der Waals surface area (Å²) in [6.07, 6.45) is 4.31. The van der Waals surface area contributed by atoms with Crippen molar-refractivity contribution in [3.8, 4) is 16.8 Å². The normalized spacial score (nSPS) is 12.7. The smallest absolute Gasteiger partial charge is 0.341 e. The lowest BCUT2D eigenvalue weighted by Crippen LogP contribution is -2.22.